The summed E-state index contributed by atoms with van der Waals surface area (Å²) in [5, 5.41) is 2.22. The SMILES string of the molecule is COc1cc2ccnc(N3CCN(Cc4ccccc4)CC3)c2cc1OC. The molecule has 0 aliphatic carbocycles. The van der Waals surface area contributed by atoms with Crippen molar-refractivity contribution in [3.05, 3.63) is 60.3 Å². The van der Waals surface area contributed by atoms with Crippen LogP contribution in [-0.4, -0.2) is 50.3 Å². The summed E-state index contributed by atoms with van der Waals surface area (Å²) in [6, 6.07) is 16.7. The van der Waals surface area contributed by atoms with Gasteiger partial charge in [-0.2, -0.15) is 0 Å². The van der Waals surface area contributed by atoms with Gasteiger partial charge < -0.3 is 14.4 Å². The Morgan fingerprint density at radius 2 is 1.59 bits per heavy atom. The molecule has 1 aliphatic heterocycles. The molecule has 1 aliphatic rings. The second-order valence-corrected chi connectivity index (χ2v) is 6.81. The average Bonchev–Trinajstić information content (AvgIpc) is 2.73. The van der Waals surface area contributed by atoms with E-state index in [4.69, 9.17) is 9.47 Å². The normalized spacial score (nSPS) is 15.1. The number of methoxy groups -OCH3 is 2. The largest absolute Gasteiger partial charge is 0.493 e. The zero-order valence-corrected chi connectivity index (χ0v) is 15.9. The van der Waals surface area contributed by atoms with Gasteiger partial charge in [-0.05, 0) is 29.1 Å². The van der Waals surface area contributed by atoms with Crippen LogP contribution in [0.1, 0.15) is 5.56 Å². The maximum Gasteiger partial charge on any atom is 0.161 e. The predicted octanol–water partition coefficient (Wildman–Crippen LogP) is 3.57. The van der Waals surface area contributed by atoms with Gasteiger partial charge in [0, 0.05) is 44.3 Å². The smallest absolute Gasteiger partial charge is 0.161 e. The summed E-state index contributed by atoms with van der Waals surface area (Å²) in [7, 11) is 3.33. The first-order chi connectivity index (χ1) is 13.3. The van der Waals surface area contributed by atoms with Crippen molar-refractivity contribution in [1.82, 2.24) is 9.88 Å². The van der Waals surface area contributed by atoms with E-state index in [0.717, 1.165) is 60.8 Å². The van der Waals surface area contributed by atoms with E-state index < -0.39 is 0 Å². The summed E-state index contributed by atoms with van der Waals surface area (Å²) in [5.41, 5.74) is 1.37. The molecule has 1 fully saturated rings. The lowest BCUT2D eigenvalue weighted by atomic mass is 10.1. The van der Waals surface area contributed by atoms with Gasteiger partial charge in [0.1, 0.15) is 5.82 Å². The van der Waals surface area contributed by atoms with Crippen LogP contribution < -0.4 is 14.4 Å². The second kappa shape index (κ2) is 7.84. The Bertz CT molecular complexity index is 906. The monoisotopic (exact) mass is 363 g/mol. The molecule has 5 nitrogen and oxygen atoms in total. The van der Waals surface area contributed by atoms with Crippen LogP contribution in [0.2, 0.25) is 0 Å². The van der Waals surface area contributed by atoms with Gasteiger partial charge in [0.2, 0.25) is 0 Å². The van der Waals surface area contributed by atoms with Gasteiger partial charge in [0.25, 0.3) is 0 Å². The maximum atomic E-state index is 5.49. The van der Waals surface area contributed by atoms with Crippen molar-refractivity contribution < 1.29 is 9.47 Å². The van der Waals surface area contributed by atoms with Gasteiger partial charge >= 0.3 is 0 Å². The minimum absolute atomic E-state index is 0.738. The number of rotatable bonds is 5. The van der Waals surface area contributed by atoms with E-state index in [1.807, 2.05) is 24.4 Å². The van der Waals surface area contributed by atoms with Crippen molar-refractivity contribution in [2.75, 3.05) is 45.3 Å². The summed E-state index contributed by atoms with van der Waals surface area (Å²) >= 11 is 0. The van der Waals surface area contributed by atoms with Crippen LogP contribution in [0.3, 0.4) is 0 Å². The van der Waals surface area contributed by atoms with Crippen molar-refractivity contribution >= 4 is 16.6 Å². The highest BCUT2D eigenvalue weighted by Gasteiger charge is 2.20. The second-order valence-electron chi connectivity index (χ2n) is 6.81. The molecular weight excluding hydrogens is 338 g/mol. The molecule has 0 spiro atoms. The number of pyridine rings is 1. The molecule has 1 saturated heterocycles. The predicted molar refractivity (Wildman–Crippen MR) is 109 cm³/mol. The molecule has 1 aromatic heterocycles. The fraction of sp³-hybridized carbons (Fsp3) is 0.318. The molecular formula is C22H25N3O2. The summed E-state index contributed by atoms with van der Waals surface area (Å²) in [6.07, 6.45) is 1.87. The lowest BCUT2D eigenvalue weighted by molar-refractivity contribution is 0.249. The molecule has 27 heavy (non-hydrogen) atoms. The molecule has 3 aromatic rings. The maximum absolute atomic E-state index is 5.49. The van der Waals surface area contributed by atoms with Gasteiger partial charge in [0.15, 0.2) is 11.5 Å². The van der Waals surface area contributed by atoms with E-state index >= 15 is 0 Å². The Hall–Kier alpha value is -2.79. The summed E-state index contributed by atoms with van der Waals surface area (Å²) in [5.74, 6) is 2.50. The van der Waals surface area contributed by atoms with Gasteiger partial charge in [0.05, 0.1) is 14.2 Å². The lowest BCUT2D eigenvalue weighted by Crippen LogP contribution is -2.46. The minimum atomic E-state index is 0.738. The third-order valence-corrected chi connectivity index (χ3v) is 5.17. The number of nitrogens with zero attached hydrogens (tertiary/aromatic N) is 3. The highest BCUT2D eigenvalue weighted by atomic mass is 16.5. The number of fused-ring (bicyclic) bond motifs is 1. The Labute approximate surface area is 160 Å². The Balaban J connectivity index is 1.53. The number of anilines is 1. The van der Waals surface area contributed by atoms with Crippen molar-refractivity contribution in [3.8, 4) is 11.5 Å². The molecule has 0 N–H and O–H groups in total. The number of hydrogen-bond donors (Lipinski definition) is 0. The van der Waals surface area contributed by atoms with Crippen LogP contribution in [-0.2, 0) is 6.54 Å². The molecule has 0 atom stereocenters. The number of aromatic nitrogens is 1. The molecule has 0 saturated carbocycles. The molecule has 0 unspecified atom stereocenters. The van der Waals surface area contributed by atoms with Gasteiger partial charge in [-0.3, -0.25) is 4.90 Å². The Morgan fingerprint density at radius 3 is 2.30 bits per heavy atom. The summed E-state index contributed by atoms with van der Waals surface area (Å²) < 4.78 is 10.9. The van der Waals surface area contributed by atoms with E-state index in [2.05, 4.69) is 45.1 Å². The summed E-state index contributed by atoms with van der Waals surface area (Å²) in [6.45, 7) is 4.99. The van der Waals surface area contributed by atoms with Crippen molar-refractivity contribution in [3.63, 3.8) is 0 Å². The van der Waals surface area contributed by atoms with E-state index in [-0.39, 0.29) is 0 Å². The van der Waals surface area contributed by atoms with Crippen LogP contribution in [0.15, 0.2) is 54.7 Å². The van der Waals surface area contributed by atoms with Crippen LogP contribution in [0.4, 0.5) is 5.82 Å². The Kier molecular flexibility index (Phi) is 5.12. The van der Waals surface area contributed by atoms with Gasteiger partial charge in [-0.25, -0.2) is 4.98 Å². The number of piperazine rings is 1. The minimum Gasteiger partial charge on any atom is -0.493 e. The number of hydrogen-bond acceptors (Lipinski definition) is 5. The molecule has 4 rings (SSSR count). The molecule has 0 amide bonds. The zero-order chi connectivity index (χ0) is 18.6. The first-order valence-corrected chi connectivity index (χ1v) is 9.30. The fourth-order valence-corrected chi connectivity index (χ4v) is 3.70. The van der Waals surface area contributed by atoms with Crippen molar-refractivity contribution in [2.45, 2.75) is 6.54 Å². The van der Waals surface area contributed by atoms with E-state index in [1.165, 1.54) is 5.56 Å². The first kappa shape index (κ1) is 17.6. The molecule has 0 radical (unpaired) electrons. The summed E-state index contributed by atoms with van der Waals surface area (Å²) in [4.78, 5) is 9.55. The van der Waals surface area contributed by atoms with E-state index in [0.29, 0.717) is 0 Å². The van der Waals surface area contributed by atoms with Crippen molar-refractivity contribution in [1.29, 1.82) is 0 Å². The Morgan fingerprint density at radius 1 is 0.889 bits per heavy atom. The van der Waals surface area contributed by atoms with Crippen LogP contribution in [0, 0.1) is 0 Å². The van der Waals surface area contributed by atoms with Crippen LogP contribution in [0.5, 0.6) is 11.5 Å². The highest BCUT2D eigenvalue weighted by Crippen LogP contribution is 2.35. The fourth-order valence-electron chi connectivity index (χ4n) is 3.70. The standard InChI is InChI=1S/C22H25N3O2/c1-26-20-14-18-8-9-23-22(19(18)15-21(20)27-2)25-12-10-24(11-13-25)16-17-6-4-3-5-7-17/h3-9,14-15H,10-13,16H2,1-2H3. The lowest BCUT2D eigenvalue weighted by Gasteiger charge is -2.36. The van der Waals surface area contributed by atoms with Crippen LogP contribution in [0.25, 0.3) is 10.8 Å². The number of benzene rings is 2. The topological polar surface area (TPSA) is 37.8 Å². The molecule has 5 heteroatoms. The van der Waals surface area contributed by atoms with Gasteiger partial charge in [-0.15, -0.1) is 0 Å². The quantitative estimate of drug-likeness (QED) is 0.693. The first-order valence-electron chi connectivity index (χ1n) is 9.30. The highest BCUT2D eigenvalue weighted by molar-refractivity contribution is 5.94. The van der Waals surface area contributed by atoms with Crippen LogP contribution >= 0.6 is 0 Å². The molecule has 2 heterocycles. The third kappa shape index (κ3) is 3.69. The number of ether oxygens (including phenoxy) is 2. The van der Waals surface area contributed by atoms with Gasteiger partial charge in [-0.1, -0.05) is 30.3 Å². The zero-order valence-electron chi connectivity index (χ0n) is 15.9. The molecule has 2 aromatic carbocycles. The molecule has 140 valence electrons. The third-order valence-electron chi connectivity index (χ3n) is 5.17. The average molecular weight is 363 g/mol. The van der Waals surface area contributed by atoms with E-state index in [1.54, 1.807) is 14.2 Å². The molecule has 0 bridgehead atoms. The van der Waals surface area contributed by atoms with Crippen molar-refractivity contribution in [2.24, 2.45) is 0 Å². The van der Waals surface area contributed by atoms with E-state index in [9.17, 15) is 0 Å².